The van der Waals surface area contributed by atoms with Gasteiger partial charge in [-0.1, -0.05) is 23.7 Å². The molecule has 0 spiro atoms. The lowest BCUT2D eigenvalue weighted by Gasteiger charge is -2.12. The van der Waals surface area contributed by atoms with Crippen LogP contribution in [0, 0.1) is 0 Å². The Kier molecular flexibility index (Phi) is 6.63. The Balaban J connectivity index is 2.34. The maximum absolute atomic E-state index is 11.9. The van der Waals surface area contributed by atoms with Crippen molar-refractivity contribution in [1.29, 1.82) is 0 Å². The van der Waals surface area contributed by atoms with E-state index in [1.165, 1.54) is 12.1 Å². The second kappa shape index (κ2) is 8.00. The lowest BCUT2D eigenvalue weighted by molar-refractivity contribution is -0.138. The number of carbonyl (C=O) groups is 2. The number of hydrogen-bond acceptors (Lipinski definition) is 3. The monoisotopic (exact) mass is 338 g/mol. The second-order valence-electron chi connectivity index (χ2n) is 4.44. The molecule has 1 aromatic carbocycles. The molecule has 1 unspecified atom stereocenters. The average Bonchev–Trinajstić information content (AvgIpc) is 2.42. The van der Waals surface area contributed by atoms with Gasteiger partial charge in [-0.2, -0.15) is 13.2 Å². The molecule has 0 saturated carbocycles. The van der Waals surface area contributed by atoms with Crippen LogP contribution in [0.15, 0.2) is 24.3 Å². The number of nitrogens with one attached hydrogen (secondary N) is 2. The van der Waals surface area contributed by atoms with Gasteiger partial charge in [0, 0.05) is 5.02 Å². The number of benzene rings is 1. The molecule has 3 N–H and O–H groups in total. The normalized spacial score (nSPS) is 12.6. The van der Waals surface area contributed by atoms with E-state index in [0.29, 0.717) is 10.6 Å². The van der Waals surface area contributed by atoms with E-state index in [1.54, 1.807) is 17.4 Å². The van der Waals surface area contributed by atoms with Crippen LogP contribution in [-0.2, 0) is 9.59 Å². The highest BCUT2D eigenvalue weighted by molar-refractivity contribution is 6.30. The molecule has 1 aromatic rings. The third-order valence-corrected chi connectivity index (χ3v) is 2.82. The number of halogens is 4. The number of aliphatic hydroxyl groups is 1. The van der Waals surface area contributed by atoms with E-state index in [0.717, 1.165) is 0 Å². The molecule has 0 saturated heterocycles. The van der Waals surface area contributed by atoms with Crippen LogP contribution in [0.25, 0.3) is 0 Å². The summed E-state index contributed by atoms with van der Waals surface area (Å²) in [5.74, 6) is -1.63. The van der Waals surface area contributed by atoms with Crippen molar-refractivity contribution in [3.8, 4) is 0 Å². The lowest BCUT2D eigenvalue weighted by atomic mass is 10.1. The van der Waals surface area contributed by atoms with Gasteiger partial charge in [-0.3, -0.25) is 9.59 Å². The summed E-state index contributed by atoms with van der Waals surface area (Å²) in [5, 5.41) is 14.0. The molecule has 9 heteroatoms. The summed E-state index contributed by atoms with van der Waals surface area (Å²) in [5.41, 5.74) is 0.459. The molecule has 1 rings (SSSR count). The van der Waals surface area contributed by atoms with E-state index in [1.807, 2.05) is 0 Å². The fourth-order valence-electron chi connectivity index (χ4n) is 1.49. The Hall–Kier alpha value is -1.80. The molecule has 0 aromatic heterocycles. The van der Waals surface area contributed by atoms with Gasteiger partial charge in [-0.15, -0.1) is 0 Å². The van der Waals surface area contributed by atoms with Crippen LogP contribution in [0.4, 0.5) is 13.2 Å². The highest BCUT2D eigenvalue weighted by atomic mass is 35.5. The van der Waals surface area contributed by atoms with Crippen molar-refractivity contribution in [2.45, 2.75) is 18.7 Å². The number of carbonyl (C=O) groups excluding carboxylic acids is 2. The topological polar surface area (TPSA) is 78.4 Å². The smallest absolute Gasteiger partial charge is 0.388 e. The molecular formula is C13H14ClF3N2O3. The van der Waals surface area contributed by atoms with Crippen molar-refractivity contribution in [2.24, 2.45) is 0 Å². The van der Waals surface area contributed by atoms with Crippen molar-refractivity contribution in [3.63, 3.8) is 0 Å². The Bertz CT molecular complexity index is 520. The fraction of sp³-hybridized carbons (Fsp3) is 0.385. The summed E-state index contributed by atoms with van der Waals surface area (Å²) < 4.78 is 35.6. The zero-order valence-corrected chi connectivity index (χ0v) is 12.0. The van der Waals surface area contributed by atoms with Crippen LogP contribution in [0.3, 0.4) is 0 Å². The molecule has 0 bridgehead atoms. The van der Waals surface area contributed by atoms with Crippen LogP contribution < -0.4 is 10.6 Å². The van der Waals surface area contributed by atoms with E-state index < -0.39 is 37.2 Å². The number of hydrogen-bond donors (Lipinski definition) is 3. The van der Waals surface area contributed by atoms with Gasteiger partial charge in [0.2, 0.25) is 11.8 Å². The SMILES string of the molecule is O=C(CNC(=O)CC(O)c1ccc(Cl)cc1)NCC(F)(F)F. The Morgan fingerprint density at radius 2 is 1.73 bits per heavy atom. The van der Waals surface area contributed by atoms with Gasteiger partial charge in [0.05, 0.1) is 19.1 Å². The third kappa shape index (κ3) is 7.28. The average molecular weight is 339 g/mol. The highest BCUT2D eigenvalue weighted by Gasteiger charge is 2.27. The number of aliphatic hydroxyl groups excluding tert-OH is 1. The minimum absolute atomic E-state index is 0.325. The van der Waals surface area contributed by atoms with Crippen molar-refractivity contribution in [1.82, 2.24) is 10.6 Å². The molecule has 22 heavy (non-hydrogen) atoms. The number of rotatable bonds is 6. The molecule has 0 aliphatic carbocycles. The first-order chi connectivity index (χ1) is 10.2. The molecule has 2 amide bonds. The maximum atomic E-state index is 11.9. The molecule has 1 atom stereocenters. The van der Waals surface area contributed by atoms with Gasteiger partial charge in [0.15, 0.2) is 0 Å². The van der Waals surface area contributed by atoms with E-state index in [-0.39, 0.29) is 6.42 Å². The molecule has 0 heterocycles. The zero-order valence-electron chi connectivity index (χ0n) is 11.3. The van der Waals surface area contributed by atoms with Gasteiger partial charge >= 0.3 is 6.18 Å². The minimum Gasteiger partial charge on any atom is -0.388 e. The van der Waals surface area contributed by atoms with Gasteiger partial charge in [-0.25, -0.2) is 0 Å². The van der Waals surface area contributed by atoms with Crippen molar-refractivity contribution >= 4 is 23.4 Å². The minimum atomic E-state index is -4.51. The van der Waals surface area contributed by atoms with Crippen LogP contribution in [0.2, 0.25) is 5.02 Å². The van der Waals surface area contributed by atoms with Crippen LogP contribution in [-0.4, -0.2) is 36.2 Å². The largest absolute Gasteiger partial charge is 0.405 e. The maximum Gasteiger partial charge on any atom is 0.405 e. The van der Waals surface area contributed by atoms with E-state index >= 15 is 0 Å². The molecule has 0 radical (unpaired) electrons. The number of amides is 2. The molecule has 0 aliphatic rings. The zero-order chi connectivity index (χ0) is 16.8. The predicted molar refractivity (Wildman–Crippen MR) is 73.1 cm³/mol. The third-order valence-electron chi connectivity index (χ3n) is 2.57. The van der Waals surface area contributed by atoms with Crippen LogP contribution in [0.5, 0.6) is 0 Å². The first-order valence-electron chi connectivity index (χ1n) is 6.21. The van der Waals surface area contributed by atoms with Gasteiger partial charge in [-0.05, 0) is 17.7 Å². The molecule has 5 nitrogen and oxygen atoms in total. The lowest BCUT2D eigenvalue weighted by Crippen LogP contribution is -2.41. The molecular weight excluding hydrogens is 325 g/mol. The Morgan fingerprint density at radius 1 is 1.14 bits per heavy atom. The highest BCUT2D eigenvalue weighted by Crippen LogP contribution is 2.18. The summed E-state index contributed by atoms with van der Waals surface area (Å²) in [6.07, 6.45) is -5.94. The van der Waals surface area contributed by atoms with Crippen LogP contribution in [0.1, 0.15) is 18.1 Å². The first-order valence-corrected chi connectivity index (χ1v) is 6.59. The van der Waals surface area contributed by atoms with E-state index in [4.69, 9.17) is 11.6 Å². The van der Waals surface area contributed by atoms with E-state index in [2.05, 4.69) is 5.32 Å². The predicted octanol–water partition coefficient (Wildman–Crippen LogP) is 1.56. The standard InChI is InChI=1S/C13H14ClF3N2O3/c14-9-3-1-8(2-4-9)10(20)5-11(21)18-6-12(22)19-7-13(15,16)17/h1-4,10,20H,5-7H2,(H,18,21)(H,19,22). The van der Waals surface area contributed by atoms with Crippen molar-refractivity contribution in [3.05, 3.63) is 34.9 Å². The van der Waals surface area contributed by atoms with E-state index in [9.17, 15) is 27.9 Å². The number of alkyl halides is 3. The van der Waals surface area contributed by atoms with Crippen LogP contribution >= 0.6 is 11.6 Å². The van der Waals surface area contributed by atoms with Crippen molar-refractivity contribution in [2.75, 3.05) is 13.1 Å². The summed E-state index contributed by atoms with van der Waals surface area (Å²) in [6, 6.07) is 6.16. The summed E-state index contributed by atoms with van der Waals surface area (Å²) in [4.78, 5) is 22.6. The first kappa shape index (κ1) is 18.2. The molecule has 0 aliphatic heterocycles. The second-order valence-corrected chi connectivity index (χ2v) is 4.88. The quantitative estimate of drug-likeness (QED) is 0.736. The molecule has 0 fully saturated rings. The Morgan fingerprint density at radius 3 is 2.27 bits per heavy atom. The summed E-state index contributed by atoms with van der Waals surface area (Å²) in [6.45, 7) is -2.06. The molecule has 122 valence electrons. The fourth-order valence-corrected chi connectivity index (χ4v) is 1.62. The Labute approximate surface area is 129 Å². The summed E-state index contributed by atoms with van der Waals surface area (Å²) >= 11 is 5.68. The van der Waals surface area contributed by atoms with Crippen molar-refractivity contribution < 1.29 is 27.9 Å². The van der Waals surface area contributed by atoms with Gasteiger partial charge in [0.1, 0.15) is 6.54 Å². The van der Waals surface area contributed by atoms with Gasteiger partial charge in [0.25, 0.3) is 0 Å². The summed E-state index contributed by atoms with van der Waals surface area (Å²) in [7, 11) is 0. The van der Waals surface area contributed by atoms with Gasteiger partial charge < -0.3 is 15.7 Å².